The Hall–Kier alpha value is -3.80. The van der Waals surface area contributed by atoms with Gasteiger partial charge < -0.3 is 25.7 Å². The van der Waals surface area contributed by atoms with E-state index in [1.165, 1.54) is 24.5 Å². The number of halogens is 2. The van der Waals surface area contributed by atoms with Crippen LogP contribution in [0.5, 0.6) is 0 Å². The summed E-state index contributed by atoms with van der Waals surface area (Å²) < 4.78 is 19.8. The number of H-pyrrole nitrogens is 1. The summed E-state index contributed by atoms with van der Waals surface area (Å²) in [4.78, 5) is 46.8. The van der Waals surface area contributed by atoms with Gasteiger partial charge in [-0.2, -0.15) is 0 Å². The molecule has 3 amide bonds. The summed E-state index contributed by atoms with van der Waals surface area (Å²) in [6, 6.07) is 10.4. The number of imidazole rings is 1. The number of nitrogens with zero attached hydrogens (tertiary/aromatic N) is 2. The van der Waals surface area contributed by atoms with Crippen LogP contribution in [0.4, 0.5) is 15.8 Å². The molecule has 10 nitrogen and oxygen atoms in total. The van der Waals surface area contributed by atoms with Crippen LogP contribution in [-0.4, -0.2) is 71.0 Å². The predicted octanol–water partition coefficient (Wildman–Crippen LogP) is 3.55. The van der Waals surface area contributed by atoms with Crippen LogP contribution in [0, 0.1) is 5.82 Å². The zero-order valence-electron chi connectivity index (χ0n) is 20.9. The van der Waals surface area contributed by atoms with Crippen LogP contribution in [0.1, 0.15) is 45.2 Å². The number of aromatic nitrogens is 2. The lowest BCUT2D eigenvalue weighted by molar-refractivity contribution is -0.0672. The van der Waals surface area contributed by atoms with Gasteiger partial charge in [0.05, 0.1) is 29.1 Å². The number of hydrogen-bond acceptors (Lipinski definition) is 6. The molecular formula is C26H28ClFN6O4. The van der Waals surface area contributed by atoms with Crippen LogP contribution in [0.2, 0.25) is 5.02 Å². The van der Waals surface area contributed by atoms with Crippen molar-refractivity contribution in [1.29, 1.82) is 0 Å². The minimum absolute atomic E-state index is 0.0510. The largest absolute Gasteiger partial charge is 0.373 e. The van der Waals surface area contributed by atoms with Gasteiger partial charge in [-0.3, -0.25) is 19.3 Å². The highest BCUT2D eigenvalue weighted by atomic mass is 35.5. The maximum absolute atomic E-state index is 14.1. The number of carbonyl (C=O) groups is 3. The first kappa shape index (κ1) is 27.2. The Kier molecular flexibility index (Phi) is 8.72. The number of carbonyl (C=O) groups excluding carboxylic acids is 3. The first-order valence-corrected chi connectivity index (χ1v) is 12.4. The maximum Gasteiger partial charge on any atom is 0.276 e. The van der Waals surface area contributed by atoms with Crippen molar-refractivity contribution in [1.82, 2.24) is 20.2 Å². The van der Waals surface area contributed by atoms with Crippen molar-refractivity contribution in [3.05, 3.63) is 76.6 Å². The molecule has 0 bridgehead atoms. The number of amides is 3. The number of benzene rings is 2. The fourth-order valence-electron chi connectivity index (χ4n) is 4.23. The molecule has 38 heavy (non-hydrogen) atoms. The zero-order valence-corrected chi connectivity index (χ0v) is 21.6. The van der Waals surface area contributed by atoms with Gasteiger partial charge in [-0.05, 0) is 50.2 Å². The third-order valence-electron chi connectivity index (χ3n) is 5.89. The third kappa shape index (κ3) is 6.74. The van der Waals surface area contributed by atoms with Crippen LogP contribution in [0.25, 0.3) is 0 Å². The fraction of sp³-hybridized carbons (Fsp3) is 0.308. The second-order valence-corrected chi connectivity index (χ2v) is 9.39. The molecule has 4 rings (SSSR count). The van der Waals surface area contributed by atoms with E-state index in [0.29, 0.717) is 24.5 Å². The molecule has 1 aliphatic rings. The van der Waals surface area contributed by atoms with Crippen molar-refractivity contribution >= 4 is 40.7 Å². The minimum atomic E-state index is -0.806. The number of anilines is 2. The molecule has 2 aromatic carbocycles. The quantitative estimate of drug-likeness (QED) is 0.345. The molecule has 0 saturated carbocycles. The number of morpholine rings is 1. The average molecular weight is 543 g/mol. The van der Waals surface area contributed by atoms with E-state index in [1.807, 2.05) is 13.8 Å². The van der Waals surface area contributed by atoms with E-state index in [4.69, 9.17) is 16.3 Å². The van der Waals surface area contributed by atoms with Crippen LogP contribution in [-0.2, 0) is 4.74 Å². The van der Waals surface area contributed by atoms with Crippen molar-refractivity contribution in [2.75, 3.05) is 36.8 Å². The van der Waals surface area contributed by atoms with Gasteiger partial charge in [-0.25, -0.2) is 9.37 Å². The van der Waals surface area contributed by atoms with E-state index >= 15 is 0 Å². The van der Waals surface area contributed by atoms with E-state index in [0.717, 1.165) is 13.1 Å². The van der Waals surface area contributed by atoms with Crippen molar-refractivity contribution in [3.8, 4) is 0 Å². The molecule has 2 heterocycles. The number of rotatable bonds is 8. The highest BCUT2D eigenvalue weighted by Gasteiger charge is 2.23. The Labute approximate surface area is 223 Å². The summed E-state index contributed by atoms with van der Waals surface area (Å²) in [7, 11) is 0. The summed E-state index contributed by atoms with van der Waals surface area (Å²) >= 11 is 5.74. The van der Waals surface area contributed by atoms with Gasteiger partial charge in [-0.1, -0.05) is 17.7 Å². The lowest BCUT2D eigenvalue weighted by Crippen LogP contribution is -2.47. The Bertz CT molecular complexity index is 1310. The standard InChI is InChI=1S/C26H28ClFN6O4/c1-15-12-34(13-16(2)38-15)11-10-29-25(36)22-23(31-14-30-22)26(37)33-18-8-6-17(7-9-18)32-24(35)19-4-3-5-20(27)21(19)28/h3-9,14-16H,10-13H2,1-2H3,(H,29,36)(H,30,31)(H,32,35)(H,33,37). The SMILES string of the molecule is CC1CN(CCNC(=O)c2[nH]cnc2C(=O)Nc2ccc(NC(=O)c3cccc(Cl)c3F)cc2)CC(C)O1. The Balaban J connectivity index is 1.31. The summed E-state index contributed by atoms with van der Waals surface area (Å²) in [5.41, 5.74) is 0.611. The predicted molar refractivity (Wildman–Crippen MR) is 141 cm³/mol. The number of nitrogens with one attached hydrogen (secondary N) is 4. The summed E-state index contributed by atoms with van der Waals surface area (Å²) in [5.74, 6) is -2.48. The van der Waals surface area contributed by atoms with Gasteiger partial charge in [0.15, 0.2) is 11.5 Å². The average Bonchev–Trinajstić information content (AvgIpc) is 3.37. The summed E-state index contributed by atoms with van der Waals surface area (Å²) in [5, 5.41) is 7.92. The molecule has 3 aromatic rings. The monoisotopic (exact) mass is 542 g/mol. The molecule has 4 N–H and O–H groups in total. The number of hydrogen-bond donors (Lipinski definition) is 4. The van der Waals surface area contributed by atoms with Gasteiger partial charge in [0.2, 0.25) is 0 Å². The molecule has 1 saturated heterocycles. The molecule has 2 unspecified atom stereocenters. The molecule has 12 heteroatoms. The van der Waals surface area contributed by atoms with Crippen LogP contribution in [0.3, 0.4) is 0 Å². The van der Waals surface area contributed by atoms with Gasteiger partial charge in [0.25, 0.3) is 17.7 Å². The maximum atomic E-state index is 14.1. The normalized spacial score (nSPS) is 17.6. The van der Waals surface area contributed by atoms with Gasteiger partial charge in [-0.15, -0.1) is 0 Å². The molecule has 1 fully saturated rings. The topological polar surface area (TPSA) is 128 Å². The van der Waals surface area contributed by atoms with Crippen LogP contribution < -0.4 is 16.0 Å². The second kappa shape index (κ2) is 12.2. The lowest BCUT2D eigenvalue weighted by atomic mass is 10.2. The van der Waals surface area contributed by atoms with Gasteiger partial charge in [0.1, 0.15) is 5.69 Å². The van der Waals surface area contributed by atoms with Crippen molar-refractivity contribution in [2.24, 2.45) is 0 Å². The van der Waals surface area contributed by atoms with Gasteiger partial charge in [0, 0.05) is 37.6 Å². The molecule has 200 valence electrons. The molecule has 0 spiro atoms. The Morgan fingerprint density at radius 3 is 2.32 bits per heavy atom. The molecule has 1 aliphatic heterocycles. The number of aromatic amines is 1. The first-order chi connectivity index (χ1) is 18.2. The van der Waals surface area contributed by atoms with E-state index < -0.39 is 23.5 Å². The Morgan fingerprint density at radius 1 is 1.03 bits per heavy atom. The van der Waals surface area contributed by atoms with Gasteiger partial charge >= 0.3 is 0 Å². The summed E-state index contributed by atoms with van der Waals surface area (Å²) in [6.07, 6.45) is 1.55. The van der Waals surface area contributed by atoms with Crippen molar-refractivity contribution in [3.63, 3.8) is 0 Å². The molecule has 0 aliphatic carbocycles. The van der Waals surface area contributed by atoms with E-state index in [9.17, 15) is 18.8 Å². The zero-order chi connectivity index (χ0) is 27.2. The lowest BCUT2D eigenvalue weighted by Gasteiger charge is -2.35. The molecule has 0 radical (unpaired) electrons. The third-order valence-corrected chi connectivity index (χ3v) is 6.18. The van der Waals surface area contributed by atoms with Crippen molar-refractivity contribution in [2.45, 2.75) is 26.1 Å². The van der Waals surface area contributed by atoms with E-state index in [-0.39, 0.29) is 34.2 Å². The molecular weight excluding hydrogens is 515 g/mol. The summed E-state index contributed by atoms with van der Waals surface area (Å²) in [6.45, 7) is 6.68. The number of ether oxygens (including phenoxy) is 1. The smallest absolute Gasteiger partial charge is 0.276 e. The molecule has 2 atom stereocenters. The second-order valence-electron chi connectivity index (χ2n) is 8.99. The van der Waals surface area contributed by atoms with Crippen LogP contribution >= 0.6 is 11.6 Å². The van der Waals surface area contributed by atoms with Crippen LogP contribution in [0.15, 0.2) is 48.8 Å². The Morgan fingerprint density at radius 2 is 1.66 bits per heavy atom. The molecule has 1 aromatic heterocycles. The van der Waals surface area contributed by atoms with Crippen molar-refractivity contribution < 1.29 is 23.5 Å². The minimum Gasteiger partial charge on any atom is -0.373 e. The highest BCUT2D eigenvalue weighted by molar-refractivity contribution is 6.31. The first-order valence-electron chi connectivity index (χ1n) is 12.1. The fourth-order valence-corrected chi connectivity index (χ4v) is 4.40. The highest BCUT2D eigenvalue weighted by Crippen LogP contribution is 2.20. The van der Waals surface area contributed by atoms with E-state index in [1.54, 1.807) is 24.3 Å². The van der Waals surface area contributed by atoms with E-state index in [2.05, 4.69) is 30.8 Å².